The highest BCUT2D eigenvalue weighted by Gasteiger charge is 2.26. The number of hydrogen-bond acceptors (Lipinski definition) is 3. The van der Waals surface area contributed by atoms with Gasteiger partial charge in [-0.1, -0.05) is 29.3 Å². The van der Waals surface area contributed by atoms with Gasteiger partial charge in [-0.3, -0.25) is 9.69 Å². The zero-order chi connectivity index (χ0) is 13.1. The number of primary amides is 1. The van der Waals surface area contributed by atoms with Crippen LogP contribution in [0, 0.1) is 0 Å². The quantitative estimate of drug-likeness (QED) is 0.880. The van der Waals surface area contributed by atoms with E-state index in [1.807, 2.05) is 11.0 Å². The first-order chi connectivity index (χ1) is 8.58. The predicted molar refractivity (Wildman–Crippen MR) is 72.7 cm³/mol. The Kier molecular flexibility index (Phi) is 4.45. The average molecular weight is 288 g/mol. The Hall–Kier alpha value is -0.810. The molecule has 1 saturated heterocycles. The van der Waals surface area contributed by atoms with Crippen LogP contribution in [-0.4, -0.2) is 36.5 Å². The third-order valence-corrected chi connectivity index (χ3v) is 3.66. The number of piperazine rings is 1. The summed E-state index contributed by atoms with van der Waals surface area (Å²) >= 11 is 12.0. The summed E-state index contributed by atoms with van der Waals surface area (Å²) in [6, 6.07) is 5.10. The Morgan fingerprint density at radius 3 is 2.94 bits per heavy atom. The SMILES string of the molecule is NC(=O)C1CNCCN1Cc1ccc(Cl)cc1Cl. The van der Waals surface area contributed by atoms with Gasteiger partial charge in [0.1, 0.15) is 6.04 Å². The highest BCUT2D eigenvalue weighted by Crippen LogP contribution is 2.23. The molecule has 1 aliphatic heterocycles. The van der Waals surface area contributed by atoms with Gasteiger partial charge in [-0.05, 0) is 17.7 Å². The second-order valence-corrected chi connectivity index (χ2v) is 5.17. The second-order valence-electron chi connectivity index (χ2n) is 4.33. The zero-order valence-electron chi connectivity index (χ0n) is 9.83. The maximum Gasteiger partial charge on any atom is 0.236 e. The molecule has 0 radical (unpaired) electrons. The highest BCUT2D eigenvalue weighted by molar-refractivity contribution is 6.35. The molecule has 98 valence electrons. The van der Waals surface area contributed by atoms with Crippen molar-refractivity contribution in [3.63, 3.8) is 0 Å². The molecule has 18 heavy (non-hydrogen) atoms. The number of carbonyl (C=O) groups excluding carboxylic acids is 1. The number of nitrogens with zero attached hydrogens (tertiary/aromatic N) is 1. The fourth-order valence-corrected chi connectivity index (χ4v) is 2.55. The van der Waals surface area contributed by atoms with Gasteiger partial charge in [-0.25, -0.2) is 0 Å². The van der Waals surface area contributed by atoms with E-state index in [-0.39, 0.29) is 11.9 Å². The van der Waals surface area contributed by atoms with Crippen LogP contribution in [-0.2, 0) is 11.3 Å². The molecule has 6 heteroatoms. The van der Waals surface area contributed by atoms with E-state index in [0.717, 1.165) is 18.7 Å². The van der Waals surface area contributed by atoms with Gasteiger partial charge in [0.2, 0.25) is 5.91 Å². The Morgan fingerprint density at radius 2 is 2.28 bits per heavy atom. The van der Waals surface area contributed by atoms with Gasteiger partial charge >= 0.3 is 0 Å². The summed E-state index contributed by atoms with van der Waals surface area (Å²) in [5.41, 5.74) is 6.35. The van der Waals surface area contributed by atoms with Crippen molar-refractivity contribution >= 4 is 29.1 Å². The molecule has 1 aromatic carbocycles. The van der Waals surface area contributed by atoms with Gasteiger partial charge in [0.15, 0.2) is 0 Å². The van der Waals surface area contributed by atoms with Crippen LogP contribution >= 0.6 is 23.2 Å². The van der Waals surface area contributed by atoms with Gasteiger partial charge in [-0.15, -0.1) is 0 Å². The van der Waals surface area contributed by atoms with Crippen molar-refractivity contribution in [2.24, 2.45) is 5.73 Å². The minimum absolute atomic E-state index is 0.287. The van der Waals surface area contributed by atoms with Crippen LogP contribution in [0.25, 0.3) is 0 Å². The van der Waals surface area contributed by atoms with Crippen LogP contribution < -0.4 is 11.1 Å². The van der Waals surface area contributed by atoms with Gasteiger partial charge in [-0.2, -0.15) is 0 Å². The molecule has 0 bridgehead atoms. The number of hydrogen-bond donors (Lipinski definition) is 2. The van der Waals surface area contributed by atoms with Crippen molar-refractivity contribution < 1.29 is 4.79 Å². The third kappa shape index (κ3) is 3.14. The molecule has 2 rings (SSSR count). The molecular formula is C12H15Cl2N3O. The molecule has 3 N–H and O–H groups in total. The van der Waals surface area contributed by atoms with E-state index >= 15 is 0 Å². The number of halogens is 2. The van der Waals surface area contributed by atoms with Crippen molar-refractivity contribution in [2.45, 2.75) is 12.6 Å². The summed E-state index contributed by atoms with van der Waals surface area (Å²) in [4.78, 5) is 13.4. The molecule has 0 saturated carbocycles. The summed E-state index contributed by atoms with van der Waals surface area (Å²) in [5.74, 6) is -0.313. The van der Waals surface area contributed by atoms with Gasteiger partial charge in [0, 0.05) is 36.2 Å². The maximum atomic E-state index is 11.4. The fraction of sp³-hybridized carbons (Fsp3) is 0.417. The molecule has 0 aliphatic carbocycles. The number of benzene rings is 1. The summed E-state index contributed by atoms with van der Waals surface area (Å²) in [6.45, 7) is 2.80. The molecule has 1 atom stereocenters. The highest BCUT2D eigenvalue weighted by atomic mass is 35.5. The number of nitrogens with one attached hydrogen (secondary N) is 1. The van der Waals surface area contributed by atoms with E-state index < -0.39 is 0 Å². The molecule has 1 fully saturated rings. The lowest BCUT2D eigenvalue weighted by Crippen LogP contribution is -2.56. The molecule has 0 spiro atoms. The molecule has 1 aliphatic rings. The lowest BCUT2D eigenvalue weighted by molar-refractivity contribution is -0.124. The predicted octanol–water partition coefficient (Wildman–Crippen LogP) is 1.25. The van der Waals surface area contributed by atoms with E-state index in [0.29, 0.717) is 23.1 Å². The van der Waals surface area contributed by atoms with Gasteiger partial charge < -0.3 is 11.1 Å². The first-order valence-electron chi connectivity index (χ1n) is 5.76. The summed E-state index contributed by atoms with van der Waals surface area (Å²) in [7, 11) is 0. The molecular weight excluding hydrogens is 273 g/mol. The van der Waals surface area contributed by atoms with Crippen molar-refractivity contribution in [3.05, 3.63) is 33.8 Å². The number of rotatable bonds is 3. The smallest absolute Gasteiger partial charge is 0.236 e. The normalized spacial score (nSPS) is 20.9. The van der Waals surface area contributed by atoms with Crippen LogP contribution in [0.1, 0.15) is 5.56 Å². The third-order valence-electron chi connectivity index (χ3n) is 3.07. The van der Waals surface area contributed by atoms with Crippen LogP contribution in [0.15, 0.2) is 18.2 Å². The van der Waals surface area contributed by atoms with Crippen LogP contribution in [0.4, 0.5) is 0 Å². The molecule has 4 nitrogen and oxygen atoms in total. The number of carbonyl (C=O) groups is 1. The lowest BCUT2D eigenvalue weighted by atomic mass is 10.1. The Labute approximate surface area is 116 Å². The Bertz CT molecular complexity index is 453. The first kappa shape index (κ1) is 13.6. The van der Waals surface area contributed by atoms with Crippen molar-refractivity contribution in [2.75, 3.05) is 19.6 Å². The summed E-state index contributed by atoms with van der Waals surface area (Å²) in [6.07, 6.45) is 0. The molecule has 0 aromatic heterocycles. The average Bonchev–Trinajstić information content (AvgIpc) is 2.33. The standard InChI is InChI=1S/C12H15Cl2N3O/c13-9-2-1-8(10(14)5-9)7-17-4-3-16-6-11(17)12(15)18/h1-2,5,11,16H,3-4,6-7H2,(H2,15,18). The van der Waals surface area contributed by atoms with E-state index in [1.54, 1.807) is 12.1 Å². The van der Waals surface area contributed by atoms with E-state index in [2.05, 4.69) is 5.32 Å². The van der Waals surface area contributed by atoms with Crippen molar-refractivity contribution in [1.82, 2.24) is 10.2 Å². The van der Waals surface area contributed by atoms with E-state index in [9.17, 15) is 4.79 Å². The first-order valence-corrected chi connectivity index (χ1v) is 6.51. The lowest BCUT2D eigenvalue weighted by Gasteiger charge is -2.34. The summed E-state index contributed by atoms with van der Waals surface area (Å²) < 4.78 is 0. The Balaban J connectivity index is 2.13. The molecule has 1 unspecified atom stereocenters. The molecule has 1 aromatic rings. The molecule has 1 amide bonds. The monoisotopic (exact) mass is 287 g/mol. The number of nitrogens with two attached hydrogens (primary N) is 1. The van der Waals surface area contributed by atoms with E-state index in [4.69, 9.17) is 28.9 Å². The van der Waals surface area contributed by atoms with Crippen LogP contribution in [0.3, 0.4) is 0 Å². The van der Waals surface area contributed by atoms with Crippen molar-refractivity contribution in [1.29, 1.82) is 0 Å². The zero-order valence-corrected chi connectivity index (χ0v) is 11.3. The summed E-state index contributed by atoms with van der Waals surface area (Å²) in [5, 5.41) is 4.38. The minimum atomic E-state index is -0.313. The van der Waals surface area contributed by atoms with Gasteiger partial charge in [0.25, 0.3) is 0 Å². The Morgan fingerprint density at radius 1 is 1.50 bits per heavy atom. The van der Waals surface area contributed by atoms with Crippen LogP contribution in [0.5, 0.6) is 0 Å². The topological polar surface area (TPSA) is 58.4 Å². The minimum Gasteiger partial charge on any atom is -0.368 e. The van der Waals surface area contributed by atoms with Gasteiger partial charge in [0.05, 0.1) is 0 Å². The molecule has 1 heterocycles. The van der Waals surface area contributed by atoms with Crippen LogP contribution in [0.2, 0.25) is 10.0 Å². The maximum absolute atomic E-state index is 11.4. The fourth-order valence-electron chi connectivity index (χ4n) is 2.08. The van der Waals surface area contributed by atoms with E-state index in [1.165, 1.54) is 0 Å². The van der Waals surface area contributed by atoms with Crippen molar-refractivity contribution in [3.8, 4) is 0 Å². The number of amides is 1. The largest absolute Gasteiger partial charge is 0.368 e. The second kappa shape index (κ2) is 5.89.